The summed E-state index contributed by atoms with van der Waals surface area (Å²) in [6.45, 7) is 10.1. The van der Waals surface area contributed by atoms with Crippen LogP contribution in [0.25, 0.3) is 0 Å². The summed E-state index contributed by atoms with van der Waals surface area (Å²) in [6, 6.07) is 6.60. The normalized spacial score (nSPS) is 13.0. The molecule has 5 nitrogen and oxygen atoms in total. The smallest absolute Gasteiger partial charge is 0.338 e. The molecule has 0 aliphatic heterocycles. The van der Waals surface area contributed by atoms with Gasteiger partial charge in [-0.15, -0.1) is 0 Å². The van der Waals surface area contributed by atoms with Crippen LogP contribution in [0.1, 0.15) is 36.7 Å². The van der Waals surface area contributed by atoms with Crippen molar-refractivity contribution in [2.24, 2.45) is 0 Å². The third-order valence-electron chi connectivity index (χ3n) is 4.05. The second-order valence-corrected chi connectivity index (χ2v) is 14.0. The highest BCUT2D eigenvalue weighted by Crippen LogP contribution is 2.34. The highest BCUT2D eigenvalue weighted by atomic mass is 32.2. The number of ether oxygens (including phenoxy) is 1. The summed E-state index contributed by atoms with van der Waals surface area (Å²) >= 11 is 0. The molecule has 0 saturated carbocycles. The molecule has 1 aromatic rings. The van der Waals surface area contributed by atoms with Crippen LogP contribution in [0.3, 0.4) is 0 Å². The van der Waals surface area contributed by atoms with Crippen molar-refractivity contribution in [3.05, 3.63) is 35.4 Å². The van der Waals surface area contributed by atoms with Crippen LogP contribution in [0.2, 0.25) is 18.1 Å². The van der Waals surface area contributed by atoms with Crippen LogP contribution in [0.4, 0.5) is 0 Å². The Hall–Kier alpha value is -1.18. The Morgan fingerprint density at radius 3 is 2.27 bits per heavy atom. The van der Waals surface area contributed by atoms with Crippen molar-refractivity contribution >= 4 is 24.2 Å². The van der Waals surface area contributed by atoms with Gasteiger partial charge in [0.2, 0.25) is 10.0 Å². The second kappa shape index (κ2) is 6.52. The molecule has 0 spiro atoms. The van der Waals surface area contributed by atoms with Gasteiger partial charge in [0.1, 0.15) is 8.24 Å². The van der Waals surface area contributed by atoms with Crippen molar-refractivity contribution in [3.63, 3.8) is 0 Å². The van der Waals surface area contributed by atoms with Gasteiger partial charge < -0.3 is 4.74 Å². The van der Waals surface area contributed by atoms with Crippen LogP contribution >= 0.6 is 0 Å². The highest BCUT2D eigenvalue weighted by Gasteiger charge is 2.39. The summed E-state index contributed by atoms with van der Waals surface area (Å²) in [7, 11) is -4.46. The first-order valence-corrected chi connectivity index (χ1v) is 11.7. The maximum Gasteiger partial charge on any atom is 0.338 e. The van der Waals surface area contributed by atoms with Crippen molar-refractivity contribution in [1.82, 2.24) is 4.39 Å². The monoisotopic (exact) mass is 343 g/mol. The first kappa shape index (κ1) is 18.9. The average molecular weight is 344 g/mol. The van der Waals surface area contributed by atoms with Crippen molar-refractivity contribution < 1.29 is 17.9 Å². The van der Waals surface area contributed by atoms with E-state index in [1.165, 1.54) is 7.11 Å². The van der Waals surface area contributed by atoms with Crippen molar-refractivity contribution in [1.29, 1.82) is 0 Å². The fourth-order valence-corrected chi connectivity index (χ4v) is 7.02. The first-order chi connectivity index (χ1) is 9.89. The molecular weight excluding hydrogens is 318 g/mol. The molecular formula is C15H25NO4SSi. The molecule has 0 amide bonds. The van der Waals surface area contributed by atoms with Crippen LogP contribution in [-0.4, -0.2) is 29.7 Å². The van der Waals surface area contributed by atoms with Gasteiger partial charge in [-0.1, -0.05) is 52.1 Å². The number of nitrogens with one attached hydrogen (secondary N) is 1. The topological polar surface area (TPSA) is 72.5 Å². The largest absolute Gasteiger partial charge is 0.465 e. The number of carbonyl (C=O) groups is 1. The third-order valence-corrected chi connectivity index (χ3v) is 11.8. The molecule has 1 N–H and O–H groups in total. The molecule has 0 atom stereocenters. The standard InChI is InChI=1S/C15H25NO4SSi/c1-15(2,3)22(5,6)16-21(18,19)11-12-9-7-8-10-13(12)14(17)20-4/h7-10,16H,11H2,1-6H3. The van der Waals surface area contributed by atoms with E-state index < -0.39 is 24.2 Å². The van der Waals surface area contributed by atoms with E-state index in [1.54, 1.807) is 24.3 Å². The lowest BCUT2D eigenvalue weighted by Gasteiger charge is -2.36. The minimum Gasteiger partial charge on any atom is -0.465 e. The molecule has 0 aromatic heterocycles. The molecule has 0 aliphatic carbocycles. The number of methoxy groups -OCH3 is 1. The van der Waals surface area contributed by atoms with Crippen molar-refractivity contribution in [2.75, 3.05) is 7.11 Å². The van der Waals surface area contributed by atoms with E-state index in [4.69, 9.17) is 4.74 Å². The zero-order valence-corrected chi connectivity index (χ0v) is 15.9. The van der Waals surface area contributed by atoms with E-state index in [9.17, 15) is 13.2 Å². The van der Waals surface area contributed by atoms with Crippen LogP contribution in [0.15, 0.2) is 24.3 Å². The van der Waals surface area contributed by atoms with Gasteiger partial charge in [-0.25, -0.2) is 17.6 Å². The van der Waals surface area contributed by atoms with Gasteiger partial charge >= 0.3 is 5.97 Å². The molecule has 0 radical (unpaired) electrons. The summed E-state index contributed by atoms with van der Waals surface area (Å²) < 4.78 is 32.6. The fraction of sp³-hybridized carbons (Fsp3) is 0.533. The van der Waals surface area contributed by atoms with Crippen LogP contribution in [0.5, 0.6) is 0 Å². The van der Waals surface area contributed by atoms with Crippen molar-refractivity contribution in [2.45, 2.75) is 44.7 Å². The van der Waals surface area contributed by atoms with E-state index in [0.717, 1.165) is 0 Å². The molecule has 0 bridgehead atoms. The highest BCUT2D eigenvalue weighted by molar-refractivity contribution is 7.90. The Labute approximate surface area is 134 Å². The Kier molecular flexibility index (Phi) is 5.59. The van der Waals surface area contributed by atoms with Gasteiger partial charge in [-0.3, -0.25) is 0 Å². The zero-order valence-electron chi connectivity index (χ0n) is 14.1. The zero-order chi connectivity index (χ0) is 17.2. The molecule has 22 heavy (non-hydrogen) atoms. The Balaban J connectivity index is 3.07. The summed E-state index contributed by atoms with van der Waals surface area (Å²) in [5, 5.41) is -0.109. The van der Waals surface area contributed by atoms with E-state index >= 15 is 0 Å². The van der Waals surface area contributed by atoms with Gasteiger partial charge in [-0.2, -0.15) is 0 Å². The summed E-state index contributed by atoms with van der Waals surface area (Å²) in [6.07, 6.45) is 0. The Morgan fingerprint density at radius 2 is 1.77 bits per heavy atom. The lowest BCUT2D eigenvalue weighted by Crippen LogP contribution is -2.54. The van der Waals surface area contributed by atoms with Crippen molar-refractivity contribution in [3.8, 4) is 0 Å². The van der Waals surface area contributed by atoms with Gasteiger partial charge in [-0.05, 0) is 16.7 Å². The van der Waals surface area contributed by atoms with Crippen LogP contribution in [-0.2, 0) is 20.5 Å². The number of carbonyl (C=O) groups excluding carboxylic acids is 1. The number of hydrogen-bond acceptors (Lipinski definition) is 4. The lowest BCUT2D eigenvalue weighted by atomic mass is 10.1. The molecule has 124 valence electrons. The van der Waals surface area contributed by atoms with E-state index in [-0.39, 0.29) is 16.4 Å². The number of benzene rings is 1. The summed E-state index contributed by atoms with van der Waals surface area (Å²) in [4.78, 5) is 11.7. The quantitative estimate of drug-likeness (QED) is 0.659. The van der Waals surface area contributed by atoms with Crippen LogP contribution < -0.4 is 4.39 Å². The number of hydrogen-bond donors (Lipinski definition) is 1. The maximum absolute atomic E-state index is 12.5. The molecule has 1 aromatic carbocycles. The molecule has 0 saturated heterocycles. The van der Waals surface area contributed by atoms with Gasteiger partial charge in [0.25, 0.3) is 0 Å². The third kappa shape index (κ3) is 4.66. The molecule has 1 rings (SSSR count). The molecule has 0 unspecified atom stereocenters. The van der Waals surface area contributed by atoms with Gasteiger partial charge in [0.05, 0.1) is 18.4 Å². The average Bonchev–Trinajstić information content (AvgIpc) is 2.35. The number of sulfonamides is 1. The minimum atomic E-state index is -3.54. The molecule has 0 fully saturated rings. The molecule has 0 aliphatic rings. The van der Waals surface area contributed by atoms with E-state index in [1.807, 2.05) is 33.9 Å². The first-order valence-electron chi connectivity index (χ1n) is 7.07. The molecule has 7 heteroatoms. The second-order valence-electron chi connectivity index (χ2n) is 6.88. The molecule has 0 heterocycles. The number of esters is 1. The predicted octanol–water partition coefficient (Wildman–Crippen LogP) is 2.90. The number of rotatable bonds is 5. The lowest BCUT2D eigenvalue weighted by molar-refractivity contribution is 0.0600. The Bertz CT molecular complexity index is 648. The maximum atomic E-state index is 12.5. The van der Waals surface area contributed by atoms with Gasteiger partial charge in [0, 0.05) is 0 Å². The summed E-state index contributed by atoms with van der Waals surface area (Å²) in [5.41, 5.74) is 0.728. The predicted molar refractivity (Wildman–Crippen MR) is 90.7 cm³/mol. The Morgan fingerprint density at radius 1 is 1.23 bits per heavy atom. The summed E-state index contributed by atoms with van der Waals surface area (Å²) in [5.74, 6) is -0.761. The van der Waals surface area contributed by atoms with Gasteiger partial charge in [0.15, 0.2) is 0 Å². The SMILES string of the molecule is COC(=O)c1ccccc1CS(=O)(=O)N[Si](C)(C)C(C)(C)C. The fourth-order valence-electron chi connectivity index (χ4n) is 1.74. The van der Waals surface area contributed by atoms with E-state index in [2.05, 4.69) is 4.39 Å². The minimum absolute atomic E-state index is 0.109. The van der Waals surface area contributed by atoms with E-state index in [0.29, 0.717) is 5.56 Å². The van der Waals surface area contributed by atoms with Crippen LogP contribution in [0, 0.1) is 0 Å².